The molecule has 0 saturated carbocycles. The first-order valence-electron chi connectivity index (χ1n) is 14.0. The molecule has 0 fully saturated rings. The molecule has 1 aliphatic carbocycles. The van der Waals surface area contributed by atoms with E-state index in [0.717, 1.165) is 41.4 Å². The lowest BCUT2D eigenvalue weighted by atomic mass is 9.85. The molecule has 0 radical (unpaired) electrons. The fourth-order valence-corrected chi connectivity index (χ4v) is 5.80. The van der Waals surface area contributed by atoms with Crippen LogP contribution in [0, 0.1) is 17.2 Å². The summed E-state index contributed by atoms with van der Waals surface area (Å²) in [7, 11) is 0. The van der Waals surface area contributed by atoms with E-state index in [0.29, 0.717) is 22.9 Å². The highest BCUT2D eigenvalue weighted by Gasteiger charge is 2.31. The van der Waals surface area contributed by atoms with Gasteiger partial charge < -0.3 is 24.7 Å². The van der Waals surface area contributed by atoms with E-state index in [1.54, 1.807) is 0 Å². The number of benzene rings is 3. The van der Waals surface area contributed by atoms with Gasteiger partial charge in [0.05, 0.1) is 25.2 Å². The van der Waals surface area contributed by atoms with Crippen molar-refractivity contribution in [1.29, 1.82) is 0 Å². The molecule has 2 unspecified atom stereocenters. The number of H-pyrrole nitrogens is 1. The molecule has 1 aromatic heterocycles. The average Bonchev–Trinajstić information content (AvgIpc) is 3.24. The van der Waals surface area contributed by atoms with Gasteiger partial charge in [0, 0.05) is 34.0 Å². The van der Waals surface area contributed by atoms with Crippen molar-refractivity contribution in [1.82, 2.24) is 4.98 Å². The van der Waals surface area contributed by atoms with Gasteiger partial charge in [-0.3, -0.25) is 4.79 Å². The van der Waals surface area contributed by atoms with Gasteiger partial charge in [0.2, 0.25) is 0 Å². The van der Waals surface area contributed by atoms with Gasteiger partial charge in [-0.05, 0) is 97.3 Å². The van der Waals surface area contributed by atoms with Crippen LogP contribution in [0.25, 0.3) is 10.9 Å². The summed E-state index contributed by atoms with van der Waals surface area (Å²) in [6.07, 6.45) is 3.19. The second kappa shape index (κ2) is 12.6. The van der Waals surface area contributed by atoms with Gasteiger partial charge in [-0.25, -0.2) is 4.39 Å². The number of carbonyl (C=O) groups excluding carboxylic acids is 1. The average molecular weight is 580 g/mol. The van der Waals surface area contributed by atoms with Crippen LogP contribution in [0.15, 0.2) is 66.7 Å². The van der Waals surface area contributed by atoms with Crippen molar-refractivity contribution in [2.24, 2.45) is 11.3 Å². The molecule has 3 aromatic carbocycles. The number of halogens is 2. The summed E-state index contributed by atoms with van der Waals surface area (Å²) in [5.41, 5.74) is 3.76. The van der Waals surface area contributed by atoms with Gasteiger partial charge >= 0.3 is 5.97 Å². The summed E-state index contributed by atoms with van der Waals surface area (Å²) in [6, 6.07) is 19.2. The van der Waals surface area contributed by atoms with Crippen molar-refractivity contribution >= 4 is 28.5 Å². The Morgan fingerprint density at radius 2 is 1.76 bits per heavy atom. The zero-order valence-corrected chi connectivity index (χ0v) is 23.8. The molecule has 1 aliphatic rings. The number of hydrogen-bond donors (Lipinski definition) is 3. The van der Waals surface area contributed by atoms with Crippen LogP contribution in [0.5, 0.6) is 11.5 Å². The summed E-state index contributed by atoms with van der Waals surface area (Å²) in [6.45, 7) is 1.82. The Balaban J connectivity index is 1.39. The van der Waals surface area contributed by atoms with Crippen LogP contribution < -0.4 is 9.47 Å². The normalized spacial score (nSPS) is 17.2. The van der Waals surface area contributed by atoms with Gasteiger partial charge in [0.1, 0.15) is 17.3 Å². The van der Waals surface area contributed by atoms with Gasteiger partial charge in [-0.15, -0.1) is 0 Å². The molecule has 0 amide bonds. The molecule has 4 aromatic rings. The minimum absolute atomic E-state index is 0.000891. The van der Waals surface area contributed by atoms with E-state index in [1.807, 2.05) is 49.4 Å². The largest absolute Gasteiger partial charge is 0.493 e. The second-order valence-corrected chi connectivity index (χ2v) is 11.5. The smallest absolute Gasteiger partial charge is 0.311 e. The first-order chi connectivity index (χ1) is 19.8. The Morgan fingerprint density at radius 3 is 2.44 bits per heavy atom. The van der Waals surface area contributed by atoms with E-state index in [-0.39, 0.29) is 49.9 Å². The zero-order chi connectivity index (χ0) is 29.0. The summed E-state index contributed by atoms with van der Waals surface area (Å²) in [5, 5.41) is 21.3. The molecule has 3 N–H and O–H groups in total. The molecular formula is C33H35ClFNO5. The number of aryl methyl sites for hydroxylation is 1. The summed E-state index contributed by atoms with van der Waals surface area (Å²) in [5.74, 6) is 0.337. The molecule has 0 bridgehead atoms. The number of rotatable bonds is 10. The van der Waals surface area contributed by atoms with E-state index < -0.39 is 5.41 Å². The van der Waals surface area contributed by atoms with E-state index >= 15 is 0 Å². The lowest BCUT2D eigenvalue weighted by molar-refractivity contribution is -0.135. The third-order valence-electron chi connectivity index (χ3n) is 8.37. The summed E-state index contributed by atoms with van der Waals surface area (Å²) >= 11 is 6.36. The number of ether oxygens (including phenoxy) is 2. The highest BCUT2D eigenvalue weighted by molar-refractivity contribution is 6.31. The Hall–Kier alpha value is -3.39. The Morgan fingerprint density at radius 1 is 1.05 bits per heavy atom. The fraction of sp³-hybridized carbons (Fsp3) is 0.364. The number of esters is 1. The standard InChI is InChI=1S/C33H35ClFNO5/c1-2-33(18-37,19-38)20-40-25-9-4-22(5-10-25)28-15-21(16-31(39)41-26-11-7-24(35)8-12-26)3-13-27-29-17-23(34)6-14-30(29)36-32(27)28/h4-12,14,17,21,28,36-38H,2-3,13,15-16,18-20H2,1H3. The lowest BCUT2D eigenvalue weighted by Gasteiger charge is -2.28. The molecule has 8 heteroatoms. The van der Waals surface area contributed by atoms with Crippen molar-refractivity contribution in [3.63, 3.8) is 0 Å². The number of aromatic amines is 1. The van der Waals surface area contributed by atoms with Gasteiger partial charge in [0.25, 0.3) is 0 Å². The molecule has 0 spiro atoms. The third-order valence-corrected chi connectivity index (χ3v) is 8.61. The van der Waals surface area contributed by atoms with Crippen molar-refractivity contribution in [3.8, 4) is 11.5 Å². The fourth-order valence-electron chi connectivity index (χ4n) is 5.62. The van der Waals surface area contributed by atoms with Gasteiger partial charge in [-0.2, -0.15) is 0 Å². The van der Waals surface area contributed by atoms with E-state index in [1.165, 1.54) is 29.8 Å². The van der Waals surface area contributed by atoms with Crippen LogP contribution in [-0.4, -0.2) is 41.0 Å². The Kier molecular flexibility index (Phi) is 8.97. The zero-order valence-electron chi connectivity index (χ0n) is 23.0. The van der Waals surface area contributed by atoms with Crippen molar-refractivity contribution in [2.75, 3.05) is 19.8 Å². The highest BCUT2D eigenvalue weighted by atomic mass is 35.5. The molecule has 2 atom stereocenters. The van der Waals surface area contributed by atoms with E-state index in [4.69, 9.17) is 21.1 Å². The van der Waals surface area contributed by atoms with Crippen molar-refractivity contribution in [3.05, 3.63) is 94.4 Å². The van der Waals surface area contributed by atoms with Gasteiger partial charge in [0.15, 0.2) is 0 Å². The summed E-state index contributed by atoms with van der Waals surface area (Å²) < 4.78 is 24.7. The Bertz CT molecular complexity index is 1470. The van der Waals surface area contributed by atoms with Gasteiger partial charge in [-0.1, -0.05) is 30.7 Å². The number of carbonyl (C=O) groups is 1. The number of nitrogens with one attached hydrogen (secondary N) is 1. The maximum absolute atomic E-state index is 13.3. The molecular weight excluding hydrogens is 545 g/mol. The quantitative estimate of drug-likeness (QED) is 0.109. The molecule has 6 nitrogen and oxygen atoms in total. The van der Waals surface area contributed by atoms with Crippen LogP contribution in [-0.2, 0) is 11.2 Å². The number of aliphatic hydroxyl groups is 2. The van der Waals surface area contributed by atoms with E-state index in [9.17, 15) is 19.4 Å². The monoisotopic (exact) mass is 579 g/mol. The topological polar surface area (TPSA) is 91.8 Å². The minimum Gasteiger partial charge on any atom is -0.493 e. The number of aliphatic hydroxyl groups excluding tert-OH is 2. The SMILES string of the molecule is CCC(CO)(CO)COc1ccc(C2CC(CC(=O)Oc3ccc(F)cc3)CCc3c2[nH]c2ccc(Cl)cc32)cc1. The van der Waals surface area contributed by atoms with Crippen LogP contribution in [0.2, 0.25) is 5.02 Å². The van der Waals surface area contributed by atoms with Crippen LogP contribution in [0.4, 0.5) is 4.39 Å². The first kappa shape index (κ1) is 29.1. The van der Waals surface area contributed by atoms with Crippen molar-refractivity contribution in [2.45, 2.75) is 44.9 Å². The lowest BCUT2D eigenvalue weighted by Crippen LogP contribution is -2.35. The third kappa shape index (κ3) is 6.58. The molecule has 0 saturated heterocycles. The molecule has 216 valence electrons. The maximum Gasteiger partial charge on any atom is 0.311 e. The molecule has 41 heavy (non-hydrogen) atoms. The molecule has 1 heterocycles. The predicted octanol–water partition coefficient (Wildman–Crippen LogP) is 6.80. The van der Waals surface area contributed by atoms with E-state index in [2.05, 4.69) is 4.98 Å². The summed E-state index contributed by atoms with van der Waals surface area (Å²) in [4.78, 5) is 16.5. The molecule has 5 rings (SSSR count). The minimum atomic E-state index is -0.684. The number of fused-ring (bicyclic) bond motifs is 3. The Labute approximate surface area is 244 Å². The highest BCUT2D eigenvalue weighted by Crippen LogP contribution is 2.42. The number of hydrogen-bond acceptors (Lipinski definition) is 5. The second-order valence-electron chi connectivity index (χ2n) is 11.1. The van der Waals surface area contributed by atoms with Crippen LogP contribution in [0.1, 0.15) is 55.3 Å². The van der Waals surface area contributed by atoms with Crippen LogP contribution in [0.3, 0.4) is 0 Å². The number of aromatic nitrogens is 1. The van der Waals surface area contributed by atoms with Crippen molar-refractivity contribution < 1.29 is 28.9 Å². The first-order valence-corrected chi connectivity index (χ1v) is 14.4. The predicted molar refractivity (Wildman–Crippen MR) is 157 cm³/mol. The van der Waals surface area contributed by atoms with Crippen LogP contribution >= 0.6 is 11.6 Å². The molecule has 0 aliphatic heterocycles. The maximum atomic E-state index is 13.3.